The maximum Gasteiger partial charge on any atom is 0.416 e. The van der Waals surface area contributed by atoms with Crippen LogP contribution in [0.1, 0.15) is 32.6 Å². The second-order valence-electron chi connectivity index (χ2n) is 9.01. The summed E-state index contributed by atoms with van der Waals surface area (Å²) in [6.45, 7) is 2.32. The molecular weight excluding hydrogens is 521 g/mol. The Balaban J connectivity index is 1.39. The Bertz CT molecular complexity index is 1690. The molecule has 2 aromatic carbocycles. The highest BCUT2D eigenvalue weighted by Crippen LogP contribution is 2.30. The van der Waals surface area contributed by atoms with Gasteiger partial charge in [-0.3, -0.25) is 9.78 Å². The van der Waals surface area contributed by atoms with Crippen LogP contribution in [-0.4, -0.2) is 30.7 Å². The van der Waals surface area contributed by atoms with Gasteiger partial charge in [0, 0.05) is 36.6 Å². The summed E-state index contributed by atoms with van der Waals surface area (Å²) in [4.78, 5) is 34.2. The van der Waals surface area contributed by atoms with Crippen molar-refractivity contribution < 1.29 is 18.0 Å². The second-order valence-corrected chi connectivity index (χ2v) is 9.01. The van der Waals surface area contributed by atoms with Crippen LogP contribution in [0.4, 0.5) is 36.4 Å². The van der Waals surface area contributed by atoms with E-state index in [0.717, 1.165) is 23.3 Å². The van der Waals surface area contributed by atoms with Gasteiger partial charge in [0.2, 0.25) is 5.95 Å². The van der Waals surface area contributed by atoms with Gasteiger partial charge in [-0.2, -0.15) is 18.2 Å². The molecule has 3 aromatic heterocycles. The zero-order valence-corrected chi connectivity index (χ0v) is 21.2. The standard InChI is InChI=1S/C28H23F3N8O/c1-16-5-6-18(12-22(40)19-3-2-4-20(13-19)28(29,30)31)11-21(16)37-26-24-23(35-15-36-26)25(32)39-27(38-24)34-14-17-7-9-33-10-8-17/h2-11,13,15H,12,14H2,1H3,(H,35,36,37)(H3,32,34,38,39). The van der Waals surface area contributed by atoms with Crippen molar-refractivity contribution in [1.29, 1.82) is 0 Å². The third-order valence-electron chi connectivity index (χ3n) is 6.14. The minimum Gasteiger partial charge on any atom is -0.382 e. The number of hydrogen-bond donors (Lipinski definition) is 3. The summed E-state index contributed by atoms with van der Waals surface area (Å²) in [5, 5.41) is 6.37. The Morgan fingerprint density at radius 2 is 1.75 bits per heavy atom. The summed E-state index contributed by atoms with van der Waals surface area (Å²) in [6, 6.07) is 13.5. The maximum absolute atomic E-state index is 13.1. The third-order valence-corrected chi connectivity index (χ3v) is 6.14. The van der Waals surface area contributed by atoms with E-state index in [9.17, 15) is 18.0 Å². The summed E-state index contributed by atoms with van der Waals surface area (Å²) < 4.78 is 39.3. The first-order valence-electron chi connectivity index (χ1n) is 12.2. The van der Waals surface area contributed by atoms with E-state index in [-0.39, 0.29) is 23.8 Å². The van der Waals surface area contributed by atoms with Gasteiger partial charge in [-0.15, -0.1) is 0 Å². The number of nitrogens with one attached hydrogen (secondary N) is 2. The van der Waals surface area contributed by atoms with Gasteiger partial charge < -0.3 is 16.4 Å². The first kappa shape index (κ1) is 26.5. The molecule has 40 heavy (non-hydrogen) atoms. The molecule has 0 aliphatic carbocycles. The number of ketones is 1. The van der Waals surface area contributed by atoms with E-state index in [1.165, 1.54) is 18.5 Å². The van der Waals surface area contributed by atoms with Crippen molar-refractivity contribution in [3.05, 3.63) is 101 Å². The van der Waals surface area contributed by atoms with Crippen LogP contribution in [0.2, 0.25) is 0 Å². The number of aromatic nitrogens is 5. The van der Waals surface area contributed by atoms with Crippen LogP contribution >= 0.6 is 0 Å². The molecule has 0 bridgehead atoms. The molecule has 5 aromatic rings. The number of carbonyl (C=O) groups excluding carboxylic acids is 1. The number of hydrogen-bond acceptors (Lipinski definition) is 9. The molecule has 0 aliphatic rings. The lowest BCUT2D eigenvalue weighted by molar-refractivity contribution is -0.137. The lowest BCUT2D eigenvalue weighted by atomic mass is 9.99. The van der Waals surface area contributed by atoms with E-state index < -0.39 is 17.5 Å². The van der Waals surface area contributed by atoms with E-state index in [1.807, 2.05) is 25.1 Å². The van der Waals surface area contributed by atoms with E-state index in [2.05, 4.69) is 35.6 Å². The Morgan fingerprint density at radius 3 is 2.52 bits per heavy atom. The van der Waals surface area contributed by atoms with Crippen molar-refractivity contribution in [2.75, 3.05) is 16.4 Å². The molecule has 0 aliphatic heterocycles. The molecule has 3 heterocycles. The fourth-order valence-electron chi connectivity index (χ4n) is 4.02. The first-order chi connectivity index (χ1) is 19.2. The molecule has 0 fully saturated rings. The molecular formula is C28H23F3N8O. The van der Waals surface area contributed by atoms with Crippen molar-refractivity contribution in [2.45, 2.75) is 26.1 Å². The van der Waals surface area contributed by atoms with Gasteiger partial charge in [0.05, 0.1) is 5.56 Å². The molecule has 5 rings (SSSR count). The number of rotatable bonds is 8. The number of fused-ring (bicyclic) bond motifs is 1. The fraction of sp³-hybridized carbons (Fsp3) is 0.143. The zero-order valence-electron chi connectivity index (χ0n) is 21.2. The summed E-state index contributed by atoms with van der Waals surface area (Å²) in [6.07, 6.45) is 0.0982. The Hall–Kier alpha value is -5.13. The smallest absolute Gasteiger partial charge is 0.382 e. The van der Waals surface area contributed by atoms with Crippen LogP contribution in [0, 0.1) is 6.92 Å². The van der Waals surface area contributed by atoms with E-state index >= 15 is 0 Å². The summed E-state index contributed by atoms with van der Waals surface area (Å²) in [7, 11) is 0. The van der Waals surface area contributed by atoms with Crippen LogP contribution in [-0.2, 0) is 19.1 Å². The SMILES string of the molecule is Cc1ccc(CC(=O)c2cccc(C(F)(F)F)c2)cc1Nc1ncnc2c(N)nc(NCc3ccncc3)nc12. The minimum atomic E-state index is -4.53. The molecule has 0 unspecified atom stereocenters. The maximum atomic E-state index is 13.1. The molecule has 0 amide bonds. The molecule has 0 spiro atoms. The van der Waals surface area contributed by atoms with Crippen molar-refractivity contribution in [3.8, 4) is 0 Å². The predicted molar refractivity (Wildman–Crippen MR) is 145 cm³/mol. The van der Waals surface area contributed by atoms with Crippen LogP contribution in [0.5, 0.6) is 0 Å². The number of carbonyl (C=O) groups is 1. The van der Waals surface area contributed by atoms with Crippen LogP contribution < -0.4 is 16.4 Å². The van der Waals surface area contributed by atoms with E-state index in [1.54, 1.807) is 24.5 Å². The number of benzene rings is 2. The topological polar surface area (TPSA) is 132 Å². The van der Waals surface area contributed by atoms with Gasteiger partial charge >= 0.3 is 6.18 Å². The largest absolute Gasteiger partial charge is 0.416 e. The van der Waals surface area contributed by atoms with Crippen LogP contribution in [0.3, 0.4) is 0 Å². The number of aryl methyl sites for hydroxylation is 1. The zero-order chi connectivity index (χ0) is 28.3. The number of nitrogen functional groups attached to an aromatic ring is 1. The van der Waals surface area contributed by atoms with Gasteiger partial charge in [-0.1, -0.05) is 24.3 Å². The molecule has 4 N–H and O–H groups in total. The predicted octanol–water partition coefficient (Wildman–Crippen LogP) is 5.51. The van der Waals surface area contributed by atoms with Crippen molar-refractivity contribution in [3.63, 3.8) is 0 Å². The molecule has 202 valence electrons. The molecule has 0 saturated carbocycles. The summed E-state index contributed by atoms with van der Waals surface area (Å²) >= 11 is 0. The average molecular weight is 545 g/mol. The normalized spacial score (nSPS) is 11.4. The average Bonchev–Trinajstić information content (AvgIpc) is 2.94. The van der Waals surface area contributed by atoms with Gasteiger partial charge in [0.15, 0.2) is 17.4 Å². The highest BCUT2D eigenvalue weighted by Gasteiger charge is 2.30. The van der Waals surface area contributed by atoms with Gasteiger partial charge in [-0.05, 0) is 53.9 Å². The number of halogens is 3. The molecule has 0 saturated heterocycles. The third kappa shape index (κ3) is 5.96. The summed E-state index contributed by atoms with van der Waals surface area (Å²) in [5.74, 6) is 0.399. The molecule has 0 radical (unpaired) electrons. The molecule has 12 heteroatoms. The summed E-state index contributed by atoms with van der Waals surface area (Å²) in [5.41, 5.74) is 9.11. The van der Waals surface area contributed by atoms with Crippen molar-refractivity contribution in [1.82, 2.24) is 24.9 Å². The lowest BCUT2D eigenvalue weighted by Gasteiger charge is -2.14. The quantitative estimate of drug-likeness (QED) is 0.217. The fourth-order valence-corrected chi connectivity index (χ4v) is 4.02. The Kier molecular flexibility index (Phi) is 7.23. The second kappa shape index (κ2) is 10.9. The van der Waals surface area contributed by atoms with E-state index in [0.29, 0.717) is 34.6 Å². The monoisotopic (exact) mass is 544 g/mol. The number of pyridine rings is 1. The highest BCUT2D eigenvalue weighted by molar-refractivity contribution is 5.98. The van der Waals surface area contributed by atoms with Crippen LogP contribution in [0.25, 0.3) is 11.0 Å². The van der Waals surface area contributed by atoms with Crippen LogP contribution in [0.15, 0.2) is 73.3 Å². The van der Waals surface area contributed by atoms with Gasteiger partial charge in [0.25, 0.3) is 0 Å². The highest BCUT2D eigenvalue weighted by atomic mass is 19.4. The Labute approximate surface area is 226 Å². The van der Waals surface area contributed by atoms with Crippen molar-refractivity contribution in [2.24, 2.45) is 0 Å². The Morgan fingerprint density at radius 1 is 0.950 bits per heavy atom. The lowest BCUT2D eigenvalue weighted by Crippen LogP contribution is -2.09. The van der Waals surface area contributed by atoms with Crippen molar-refractivity contribution >= 4 is 40.1 Å². The number of alkyl halides is 3. The number of anilines is 4. The number of nitrogens with two attached hydrogens (primary N) is 1. The van der Waals surface area contributed by atoms with Gasteiger partial charge in [0.1, 0.15) is 17.4 Å². The molecule has 9 nitrogen and oxygen atoms in total. The number of nitrogens with zero attached hydrogens (tertiary/aromatic N) is 5. The molecule has 0 atom stereocenters. The minimum absolute atomic E-state index is 0.00864. The van der Waals surface area contributed by atoms with E-state index in [4.69, 9.17) is 5.73 Å². The first-order valence-corrected chi connectivity index (χ1v) is 12.2. The van der Waals surface area contributed by atoms with Gasteiger partial charge in [-0.25, -0.2) is 15.0 Å². The number of Topliss-reactive ketones (excluding diaryl/α,β-unsaturated/α-hetero) is 1.